The van der Waals surface area contributed by atoms with E-state index in [1.165, 1.54) is 5.56 Å². The van der Waals surface area contributed by atoms with E-state index in [4.69, 9.17) is 10.5 Å². The van der Waals surface area contributed by atoms with E-state index in [1.807, 2.05) is 31.4 Å². The van der Waals surface area contributed by atoms with Gasteiger partial charge in [-0.3, -0.25) is 4.79 Å². The highest BCUT2D eigenvalue weighted by Crippen LogP contribution is 2.15. The highest BCUT2D eigenvalue weighted by molar-refractivity contribution is 7.98. The molecular formula is C16H27ClN2O2S. The number of amides is 1. The van der Waals surface area contributed by atoms with E-state index in [0.717, 1.165) is 12.2 Å². The third-order valence-corrected chi connectivity index (χ3v) is 3.87. The molecule has 4 nitrogen and oxygen atoms in total. The minimum Gasteiger partial charge on any atom is -0.374 e. The molecule has 0 saturated heterocycles. The maximum absolute atomic E-state index is 11.7. The molecule has 6 heteroatoms. The number of nitrogens with two attached hydrogens (primary N) is 1. The second kappa shape index (κ2) is 12.8. The van der Waals surface area contributed by atoms with Gasteiger partial charge in [0.15, 0.2) is 0 Å². The summed E-state index contributed by atoms with van der Waals surface area (Å²) in [6.45, 7) is 3.26. The smallest absolute Gasteiger partial charge is 0.236 e. The molecule has 0 heterocycles. The van der Waals surface area contributed by atoms with E-state index < -0.39 is 6.04 Å². The van der Waals surface area contributed by atoms with Crippen LogP contribution in [0.2, 0.25) is 0 Å². The fourth-order valence-corrected chi connectivity index (χ4v) is 2.36. The second-order valence-corrected chi connectivity index (χ2v) is 5.94. The molecule has 1 aromatic carbocycles. The minimum absolute atomic E-state index is 0. The maximum atomic E-state index is 11.7. The lowest BCUT2D eigenvalue weighted by Gasteiger charge is -2.14. The number of hydrogen-bond donors (Lipinski definition) is 2. The molecule has 2 unspecified atom stereocenters. The van der Waals surface area contributed by atoms with Crippen molar-refractivity contribution in [1.29, 1.82) is 0 Å². The topological polar surface area (TPSA) is 64.4 Å². The Bertz CT molecular complexity index is 406. The Hall–Kier alpha value is -0.750. The first-order chi connectivity index (χ1) is 10.1. The number of halogens is 1. The molecule has 3 N–H and O–H groups in total. The van der Waals surface area contributed by atoms with Crippen molar-refractivity contribution in [2.24, 2.45) is 5.73 Å². The van der Waals surface area contributed by atoms with Crippen molar-refractivity contribution in [3.05, 3.63) is 35.9 Å². The van der Waals surface area contributed by atoms with Crippen LogP contribution in [0.15, 0.2) is 30.3 Å². The first-order valence-corrected chi connectivity index (χ1v) is 8.73. The number of benzene rings is 1. The summed E-state index contributed by atoms with van der Waals surface area (Å²) < 4.78 is 5.75. The van der Waals surface area contributed by atoms with Crippen LogP contribution >= 0.6 is 24.2 Å². The molecule has 0 bridgehead atoms. The molecule has 0 spiro atoms. The van der Waals surface area contributed by atoms with Crippen molar-refractivity contribution < 1.29 is 9.53 Å². The van der Waals surface area contributed by atoms with Gasteiger partial charge < -0.3 is 15.8 Å². The second-order valence-electron chi connectivity index (χ2n) is 4.96. The van der Waals surface area contributed by atoms with Crippen molar-refractivity contribution in [2.45, 2.75) is 31.9 Å². The highest BCUT2D eigenvalue weighted by Gasteiger charge is 2.11. The maximum Gasteiger partial charge on any atom is 0.236 e. The number of ether oxygens (including phenoxy) is 1. The zero-order chi connectivity index (χ0) is 15.5. The zero-order valence-corrected chi connectivity index (χ0v) is 14.9. The third kappa shape index (κ3) is 8.63. The Morgan fingerprint density at radius 1 is 1.36 bits per heavy atom. The SMILES string of the molecule is CSCCC(N)C(=O)NCCCOC(C)c1ccccc1.Cl. The van der Waals surface area contributed by atoms with Gasteiger partial charge >= 0.3 is 0 Å². The van der Waals surface area contributed by atoms with Gasteiger partial charge in [0.25, 0.3) is 0 Å². The van der Waals surface area contributed by atoms with Gasteiger partial charge in [0.1, 0.15) is 0 Å². The van der Waals surface area contributed by atoms with Crippen LogP contribution in [0.5, 0.6) is 0 Å². The number of hydrogen-bond acceptors (Lipinski definition) is 4. The Kier molecular flexibility index (Phi) is 12.3. The number of thioether (sulfide) groups is 1. The van der Waals surface area contributed by atoms with Crippen molar-refractivity contribution >= 4 is 30.1 Å². The monoisotopic (exact) mass is 346 g/mol. The van der Waals surface area contributed by atoms with Crippen LogP contribution in [0, 0.1) is 0 Å². The van der Waals surface area contributed by atoms with Gasteiger partial charge in [-0.15, -0.1) is 12.4 Å². The van der Waals surface area contributed by atoms with E-state index in [2.05, 4.69) is 17.4 Å². The Morgan fingerprint density at radius 2 is 2.05 bits per heavy atom. The normalized spacial score (nSPS) is 13.0. The van der Waals surface area contributed by atoms with E-state index >= 15 is 0 Å². The largest absolute Gasteiger partial charge is 0.374 e. The Morgan fingerprint density at radius 3 is 2.68 bits per heavy atom. The minimum atomic E-state index is -0.401. The molecule has 0 aromatic heterocycles. The summed E-state index contributed by atoms with van der Waals surface area (Å²) in [6, 6.07) is 9.71. The van der Waals surface area contributed by atoms with Gasteiger partial charge in [-0.05, 0) is 37.3 Å². The summed E-state index contributed by atoms with van der Waals surface area (Å²) in [4.78, 5) is 11.7. The fourth-order valence-electron chi connectivity index (χ4n) is 1.87. The molecule has 0 radical (unpaired) electrons. The first kappa shape index (κ1) is 21.2. The third-order valence-electron chi connectivity index (χ3n) is 3.23. The van der Waals surface area contributed by atoms with E-state index in [-0.39, 0.29) is 24.4 Å². The van der Waals surface area contributed by atoms with Crippen LogP contribution in [0.4, 0.5) is 0 Å². The summed E-state index contributed by atoms with van der Waals surface area (Å²) in [7, 11) is 0. The highest BCUT2D eigenvalue weighted by atomic mass is 35.5. The van der Waals surface area contributed by atoms with Crippen LogP contribution in [-0.4, -0.2) is 37.1 Å². The van der Waals surface area contributed by atoms with Crippen molar-refractivity contribution in [3.63, 3.8) is 0 Å². The van der Waals surface area contributed by atoms with Crippen LogP contribution in [-0.2, 0) is 9.53 Å². The molecule has 0 saturated carbocycles. The van der Waals surface area contributed by atoms with Crippen LogP contribution in [0.1, 0.15) is 31.4 Å². The molecule has 2 atom stereocenters. The number of rotatable bonds is 10. The predicted molar refractivity (Wildman–Crippen MR) is 96.7 cm³/mol. The average Bonchev–Trinajstić information content (AvgIpc) is 2.52. The molecular weight excluding hydrogens is 320 g/mol. The average molecular weight is 347 g/mol. The van der Waals surface area contributed by atoms with Gasteiger partial charge in [-0.1, -0.05) is 30.3 Å². The lowest BCUT2D eigenvalue weighted by Crippen LogP contribution is -2.41. The van der Waals surface area contributed by atoms with Crippen molar-refractivity contribution in [3.8, 4) is 0 Å². The molecule has 126 valence electrons. The lowest BCUT2D eigenvalue weighted by atomic mass is 10.1. The first-order valence-electron chi connectivity index (χ1n) is 7.34. The summed E-state index contributed by atoms with van der Waals surface area (Å²) in [5.74, 6) is 0.840. The van der Waals surface area contributed by atoms with E-state index in [9.17, 15) is 4.79 Å². The van der Waals surface area contributed by atoms with Gasteiger partial charge in [0, 0.05) is 13.2 Å². The summed E-state index contributed by atoms with van der Waals surface area (Å²) in [5.41, 5.74) is 6.95. The standard InChI is InChI=1S/C16H26N2O2S.ClH/c1-13(14-7-4-3-5-8-14)20-11-6-10-18-16(19)15(17)9-12-21-2;/h3-5,7-8,13,15H,6,9-12,17H2,1-2H3,(H,18,19);1H. The van der Waals surface area contributed by atoms with Crippen LogP contribution in [0.3, 0.4) is 0 Å². The molecule has 1 amide bonds. The van der Waals surface area contributed by atoms with E-state index in [0.29, 0.717) is 19.6 Å². The fraction of sp³-hybridized carbons (Fsp3) is 0.562. The van der Waals surface area contributed by atoms with Gasteiger partial charge in [-0.2, -0.15) is 11.8 Å². The molecule has 0 fully saturated rings. The van der Waals surface area contributed by atoms with E-state index in [1.54, 1.807) is 11.8 Å². The Balaban J connectivity index is 0.00000441. The molecule has 0 aliphatic heterocycles. The summed E-state index contributed by atoms with van der Waals surface area (Å²) in [5, 5.41) is 2.85. The summed E-state index contributed by atoms with van der Waals surface area (Å²) in [6.07, 6.45) is 3.59. The molecule has 0 aliphatic rings. The molecule has 0 aliphatic carbocycles. The number of carbonyl (C=O) groups excluding carboxylic acids is 1. The number of nitrogens with one attached hydrogen (secondary N) is 1. The molecule has 22 heavy (non-hydrogen) atoms. The molecule has 1 aromatic rings. The van der Waals surface area contributed by atoms with Crippen LogP contribution in [0.25, 0.3) is 0 Å². The van der Waals surface area contributed by atoms with Crippen LogP contribution < -0.4 is 11.1 Å². The zero-order valence-electron chi connectivity index (χ0n) is 13.3. The van der Waals surface area contributed by atoms with Gasteiger partial charge in [0.2, 0.25) is 5.91 Å². The lowest BCUT2D eigenvalue weighted by molar-refractivity contribution is -0.122. The van der Waals surface area contributed by atoms with Crippen molar-refractivity contribution in [1.82, 2.24) is 5.32 Å². The summed E-state index contributed by atoms with van der Waals surface area (Å²) >= 11 is 1.70. The predicted octanol–water partition coefficient (Wildman–Crippen LogP) is 2.77. The number of carbonyl (C=O) groups is 1. The quantitative estimate of drug-likeness (QED) is 0.639. The molecule has 1 rings (SSSR count). The van der Waals surface area contributed by atoms with Gasteiger partial charge in [0.05, 0.1) is 12.1 Å². The van der Waals surface area contributed by atoms with Crippen molar-refractivity contribution in [2.75, 3.05) is 25.2 Å². The van der Waals surface area contributed by atoms with Gasteiger partial charge in [-0.25, -0.2) is 0 Å². The Labute approximate surface area is 144 Å².